The molecule has 16 heavy (non-hydrogen) atoms. The zero-order valence-corrected chi connectivity index (χ0v) is 11.6. The van der Waals surface area contributed by atoms with Crippen molar-refractivity contribution < 1.29 is 4.74 Å². The molecule has 1 aromatic rings. The first-order chi connectivity index (χ1) is 7.72. The fraction of sp³-hybridized carbons (Fsp3) is 0.538. The van der Waals surface area contributed by atoms with Crippen LogP contribution >= 0.6 is 15.9 Å². The van der Waals surface area contributed by atoms with Crippen LogP contribution < -0.4 is 5.32 Å². The molecule has 0 aliphatic rings. The summed E-state index contributed by atoms with van der Waals surface area (Å²) in [5.41, 5.74) is 1.21. The number of benzene rings is 1. The molecule has 0 aromatic heterocycles. The number of ether oxygens (including phenoxy) is 1. The molecule has 1 aromatic carbocycles. The highest BCUT2D eigenvalue weighted by atomic mass is 79.9. The third-order valence-electron chi connectivity index (χ3n) is 2.53. The minimum atomic E-state index is 0.580. The molecule has 0 spiro atoms. The van der Waals surface area contributed by atoms with Gasteiger partial charge < -0.3 is 10.1 Å². The average molecular weight is 286 g/mol. The van der Waals surface area contributed by atoms with Gasteiger partial charge in [-0.3, -0.25) is 0 Å². The predicted octanol–water partition coefficient (Wildman–Crippen LogP) is 3.35. The largest absolute Gasteiger partial charge is 0.375 e. The molecule has 0 fully saturated rings. The van der Waals surface area contributed by atoms with Crippen molar-refractivity contribution in [3.05, 3.63) is 34.3 Å². The van der Waals surface area contributed by atoms with Crippen molar-refractivity contribution in [3.8, 4) is 0 Å². The highest BCUT2D eigenvalue weighted by molar-refractivity contribution is 9.10. The van der Waals surface area contributed by atoms with Gasteiger partial charge in [-0.2, -0.15) is 0 Å². The van der Waals surface area contributed by atoms with Gasteiger partial charge >= 0.3 is 0 Å². The van der Waals surface area contributed by atoms with E-state index in [1.165, 1.54) is 5.56 Å². The summed E-state index contributed by atoms with van der Waals surface area (Å²) in [4.78, 5) is 0. The van der Waals surface area contributed by atoms with E-state index in [4.69, 9.17) is 4.74 Å². The van der Waals surface area contributed by atoms with Crippen molar-refractivity contribution in [2.24, 2.45) is 0 Å². The van der Waals surface area contributed by atoms with E-state index in [1.807, 2.05) is 12.1 Å². The van der Waals surface area contributed by atoms with Crippen LogP contribution in [0.5, 0.6) is 0 Å². The molecular weight excluding hydrogens is 266 g/mol. The van der Waals surface area contributed by atoms with Gasteiger partial charge in [0, 0.05) is 17.1 Å². The Morgan fingerprint density at radius 3 is 2.62 bits per heavy atom. The van der Waals surface area contributed by atoms with E-state index in [9.17, 15) is 0 Å². The summed E-state index contributed by atoms with van der Waals surface area (Å²) in [5.74, 6) is 0. The van der Waals surface area contributed by atoms with Gasteiger partial charge in [0.2, 0.25) is 0 Å². The summed E-state index contributed by atoms with van der Waals surface area (Å²) >= 11 is 3.41. The molecule has 2 nitrogen and oxygen atoms in total. The molecule has 1 unspecified atom stereocenters. The zero-order chi connectivity index (χ0) is 11.8. The molecule has 90 valence electrons. The molecule has 0 saturated heterocycles. The molecule has 0 aliphatic carbocycles. The molecule has 0 heterocycles. The number of rotatable bonds is 7. The summed E-state index contributed by atoms with van der Waals surface area (Å²) in [7, 11) is 0. The van der Waals surface area contributed by atoms with Crippen LogP contribution in [-0.4, -0.2) is 19.2 Å². The van der Waals surface area contributed by atoms with Gasteiger partial charge in [-0.25, -0.2) is 0 Å². The molecular formula is C13H20BrNO. The Bertz CT molecular complexity index is 286. The van der Waals surface area contributed by atoms with Gasteiger partial charge in [0.15, 0.2) is 0 Å². The Hall–Kier alpha value is -0.380. The van der Waals surface area contributed by atoms with Gasteiger partial charge in [-0.1, -0.05) is 35.0 Å². The number of hydrogen-bond acceptors (Lipinski definition) is 2. The normalized spacial score (nSPS) is 12.7. The SMILES string of the molecule is CCC(C)NCCOCc1ccc(Br)cc1. The quantitative estimate of drug-likeness (QED) is 0.776. The molecule has 0 radical (unpaired) electrons. The standard InChI is InChI=1S/C13H20BrNO/c1-3-11(2)15-8-9-16-10-12-4-6-13(14)7-5-12/h4-7,11,15H,3,8-10H2,1-2H3. The lowest BCUT2D eigenvalue weighted by atomic mass is 10.2. The van der Waals surface area contributed by atoms with E-state index < -0.39 is 0 Å². The van der Waals surface area contributed by atoms with Gasteiger partial charge in [0.05, 0.1) is 13.2 Å². The number of halogens is 1. The van der Waals surface area contributed by atoms with Crippen molar-refractivity contribution in [1.82, 2.24) is 5.32 Å². The molecule has 3 heteroatoms. The Morgan fingerprint density at radius 2 is 2.00 bits per heavy atom. The van der Waals surface area contributed by atoms with Crippen LogP contribution in [0.4, 0.5) is 0 Å². The fourth-order valence-electron chi connectivity index (χ4n) is 1.29. The highest BCUT2D eigenvalue weighted by Gasteiger charge is 1.97. The summed E-state index contributed by atoms with van der Waals surface area (Å²) in [5, 5.41) is 3.40. The molecule has 1 atom stereocenters. The van der Waals surface area contributed by atoms with Crippen LogP contribution in [0.15, 0.2) is 28.7 Å². The summed E-state index contributed by atoms with van der Waals surface area (Å²) in [6, 6.07) is 8.81. The van der Waals surface area contributed by atoms with Crippen molar-refractivity contribution >= 4 is 15.9 Å². The monoisotopic (exact) mass is 285 g/mol. The Kier molecular flexibility index (Phi) is 6.69. The summed E-state index contributed by atoms with van der Waals surface area (Å²) in [6.45, 7) is 6.75. The lowest BCUT2D eigenvalue weighted by Gasteiger charge is -2.11. The fourth-order valence-corrected chi connectivity index (χ4v) is 1.56. The van der Waals surface area contributed by atoms with Gasteiger partial charge in [0.25, 0.3) is 0 Å². The second-order valence-electron chi connectivity index (χ2n) is 3.94. The summed E-state index contributed by atoms with van der Waals surface area (Å²) in [6.07, 6.45) is 1.16. The smallest absolute Gasteiger partial charge is 0.0717 e. The van der Waals surface area contributed by atoms with Crippen LogP contribution in [0.3, 0.4) is 0 Å². The van der Waals surface area contributed by atoms with Crippen LogP contribution in [0.25, 0.3) is 0 Å². The lowest BCUT2D eigenvalue weighted by molar-refractivity contribution is 0.121. The van der Waals surface area contributed by atoms with Crippen molar-refractivity contribution in [3.63, 3.8) is 0 Å². The molecule has 0 amide bonds. The van der Waals surface area contributed by atoms with Crippen molar-refractivity contribution in [1.29, 1.82) is 0 Å². The molecule has 0 bridgehead atoms. The Morgan fingerprint density at radius 1 is 1.31 bits per heavy atom. The lowest BCUT2D eigenvalue weighted by Crippen LogP contribution is -2.28. The minimum Gasteiger partial charge on any atom is -0.375 e. The molecule has 0 aliphatic heterocycles. The van der Waals surface area contributed by atoms with E-state index in [0.717, 1.165) is 24.0 Å². The van der Waals surface area contributed by atoms with Gasteiger partial charge in [-0.15, -0.1) is 0 Å². The third-order valence-corrected chi connectivity index (χ3v) is 3.06. The molecule has 1 N–H and O–H groups in total. The van der Waals surface area contributed by atoms with E-state index >= 15 is 0 Å². The minimum absolute atomic E-state index is 0.580. The van der Waals surface area contributed by atoms with Crippen LogP contribution in [0.2, 0.25) is 0 Å². The van der Waals surface area contributed by atoms with E-state index in [2.05, 4.69) is 47.2 Å². The topological polar surface area (TPSA) is 21.3 Å². The second-order valence-corrected chi connectivity index (χ2v) is 4.86. The Balaban J connectivity index is 2.09. The van der Waals surface area contributed by atoms with E-state index in [-0.39, 0.29) is 0 Å². The number of nitrogens with one attached hydrogen (secondary N) is 1. The first-order valence-electron chi connectivity index (χ1n) is 5.78. The van der Waals surface area contributed by atoms with Crippen molar-refractivity contribution in [2.45, 2.75) is 32.9 Å². The maximum atomic E-state index is 5.58. The van der Waals surface area contributed by atoms with Crippen LogP contribution in [-0.2, 0) is 11.3 Å². The first kappa shape index (κ1) is 13.7. The van der Waals surface area contributed by atoms with Crippen molar-refractivity contribution in [2.75, 3.05) is 13.2 Å². The maximum absolute atomic E-state index is 5.58. The Labute approximate surface area is 107 Å². The number of hydrogen-bond donors (Lipinski definition) is 1. The first-order valence-corrected chi connectivity index (χ1v) is 6.57. The highest BCUT2D eigenvalue weighted by Crippen LogP contribution is 2.10. The average Bonchev–Trinajstić information content (AvgIpc) is 2.31. The van der Waals surface area contributed by atoms with Gasteiger partial charge in [0.1, 0.15) is 0 Å². The predicted molar refractivity (Wildman–Crippen MR) is 71.6 cm³/mol. The zero-order valence-electron chi connectivity index (χ0n) is 10.0. The second kappa shape index (κ2) is 7.82. The van der Waals surface area contributed by atoms with Crippen LogP contribution in [0, 0.1) is 0 Å². The van der Waals surface area contributed by atoms with E-state index in [0.29, 0.717) is 12.6 Å². The van der Waals surface area contributed by atoms with Gasteiger partial charge in [-0.05, 0) is 31.0 Å². The third kappa shape index (κ3) is 5.64. The summed E-state index contributed by atoms with van der Waals surface area (Å²) < 4.78 is 6.68. The van der Waals surface area contributed by atoms with Crippen LogP contribution in [0.1, 0.15) is 25.8 Å². The maximum Gasteiger partial charge on any atom is 0.0717 e. The van der Waals surface area contributed by atoms with E-state index in [1.54, 1.807) is 0 Å². The molecule has 1 rings (SSSR count). The molecule has 0 saturated carbocycles.